The van der Waals surface area contributed by atoms with Crippen molar-refractivity contribution in [1.82, 2.24) is 25.0 Å². The van der Waals surface area contributed by atoms with Crippen LogP contribution < -0.4 is 5.32 Å². The third kappa shape index (κ3) is 3.74. The van der Waals surface area contributed by atoms with E-state index in [-0.39, 0.29) is 0 Å². The van der Waals surface area contributed by atoms with Gasteiger partial charge in [0.25, 0.3) is 0 Å². The number of aromatic nitrogens is 3. The maximum absolute atomic E-state index is 12.8. The molecule has 0 radical (unpaired) electrons. The van der Waals surface area contributed by atoms with Crippen LogP contribution in [0.15, 0.2) is 0 Å². The molecule has 0 amide bonds. The SMILES string of the molecule is CCCNCC(CC)N1CCn2c(nnc2C(F)(F)F)C1. The summed E-state index contributed by atoms with van der Waals surface area (Å²) in [5, 5.41) is 10.4. The van der Waals surface area contributed by atoms with Gasteiger partial charge in [0.1, 0.15) is 5.82 Å². The lowest BCUT2D eigenvalue weighted by Crippen LogP contribution is -2.46. The van der Waals surface area contributed by atoms with Crippen LogP contribution in [0.4, 0.5) is 13.2 Å². The van der Waals surface area contributed by atoms with Crippen LogP contribution in [0.1, 0.15) is 38.3 Å². The largest absolute Gasteiger partial charge is 0.451 e. The van der Waals surface area contributed by atoms with Crippen LogP contribution in [-0.4, -0.2) is 45.3 Å². The summed E-state index contributed by atoms with van der Waals surface area (Å²) < 4.78 is 39.6. The van der Waals surface area contributed by atoms with Gasteiger partial charge in [0, 0.05) is 25.7 Å². The van der Waals surface area contributed by atoms with Gasteiger partial charge in [-0.3, -0.25) is 4.90 Å². The second-order valence-electron chi connectivity index (χ2n) is 5.33. The van der Waals surface area contributed by atoms with Crippen molar-refractivity contribution in [3.63, 3.8) is 0 Å². The Morgan fingerprint density at radius 3 is 2.62 bits per heavy atom. The lowest BCUT2D eigenvalue weighted by atomic mass is 10.1. The topological polar surface area (TPSA) is 46.0 Å². The Labute approximate surface area is 122 Å². The first-order chi connectivity index (χ1) is 9.97. The van der Waals surface area contributed by atoms with Crippen LogP contribution in [0.25, 0.3) is 0 Å². The molecule has 2 heterocycles. The standard InChI is InChI=1S/C13H22F3N5/c1-3-5-17-8-10(4-2)20-6-7-21-11(9-20)18-19-12(21)13(14,15)16/h10,17H,3-9H2,1-2H3. The molecule has 1 aliphatic heterocycles. The molecule has 0 saturated carbocycles. The molecule has 2 rings (SSSR count). The average molecular weight is 305 g/mol. The molecule has 1 atom stereocenters. The Morgan fingerprint density at radius 2 is 2.00 bits per heavy atom. The van der Waals surface area contributed by atoms with Gasteiger partial charge in [-0.1, -0.05) is 13.8 Å². The van der Waals surface area contributed by atoms with Crippen LogP contribution in [0, 0.1) is 0 Å². The summed E-state index contributed by atoms with van der Waals surface area (Å²) in [6.45, 7) is 7.33. The predicted octanol–water partition coefficient (Wildman–Crippen LogP) is 1.89. The minimum absolute atomic E-state index is 0.293. The second kappa shape index (κ2) is 6.74. The molecule has 1 aromatic rings. The fourth-order valence-corrected chi connectivity index (χ4v) is 2.67. The molecule has 0 aliphatic carbocycles. The molecule has 0 spiro atoms. The maximum Gasteiger partial charge on any atom is 0.451 e. The number of alkyl halides is 3. The highest BCUT2D eigenvalue weighted by atomic mass is 19.4. The molecule has 5 nitrogen and oxygen atoms in total. The average Bonchev–Trinajstić information content (AvgIpc) is 2.86. The van der Waals surface area contributed by atoms with Gasteiger partial charge in [-0.15, -0.1) is 10.2 Å². The predicted molar refractivity (Wildman–Crippen MR) is 72.7 cm³/mol. The molecule has 0 bridgehead atoms. The minimum Gasteiger partial charge on any atom is -0.315 e. The summed E-state index contributed by atoms with van der Waals surface area (Å²) in [7, 11) is 0. The number of nitrogens with zero attached hydrogens (tertiary/aromatic N) is 4. The Bertz CT molecular complexity index is 457. The van der Waals surface area contributed by atoms with Crippen LogP contribution in [0.3, 0.4) is 0 Å². The monoisotopic (exact) mass is 305 g/mol. The van der Waals surface area contributed by atoms with E-state index in [1.54, 1.807) is 0 Å². The van der Waals surface area contributed by atoms with Gasteiger partial charge in [0.2, 0.25) is 5.82 Å². The minimum atomic E-state index is -4.43. The third-order valence-electron chi connectivity index (χ3n) is 3.83. The summed E-state index contributed by atoms with van der Waals surface area (Å²) in [4.78, 5) is 2.19. The molecule has 120 valence electrons. The van der Waals surface area contributed by atoms with Gasteiger partial charge in [0.15, 0.2) is 0 Å². The Kier molecular flexibility index (Phi) is 5.21. The van der Waals surface area contributed by atoms with E-state index in [0.29, 0.717) is 31.5 Å². The molecule has 0 aromatic carbocycles. The first-order valence-corrected chi connectivity index (χ1v) is 7.41. The van der Waals surface area contributed by atoms with E-state index in [1.807, 2.05) is 0 Å². The summed E-state index contributed by atoms with van der Waals surface area (Å²) in [6, 6.07) is 0.316. The van der Waals surface area contributed by atoms with Crippen molar-refractivity contribution in [2.45, 2.75) is 52.0 Å². The maximum atomic E-state index is 12.8. The molecule has 8 heteroatoms. The zero-order chi connectivity index (χ0) is 15.5. The van der Waals surface area contributed by atoms with E-state index < -0.39 is 12.0 Å². The number of fused-ring (bicyclic) bond motifs is 1. The van der Waals surface area contributed by atoms with Crippen LogP contribution in [-0.2, 0) is 19.3 Å². The van der Waals surface area contributed by atoms with E-state index in [9.17, 15) is 13.2 Å². The van der Waals surface area contributed by atoms with Crippen molar-refractivity contribution in [1.29, 1.82) is 0 Å². The zero-order valence-electron chi connectivity index (χ0n) is 12.4. The van der Waals surface area contributed by atoms with E-state index in [2.05, 4.69) is 34.3 Å². The van der Waals surface area contributed by atoms with Crippen molar-refractivity contribution in [2.75, 3.05) is 19.6 Å². The quantitative estimate of drug-likeness (QED) is 0.815. The number of hydrogen-bond acceptors (Lipinski definition) is 4. The Balaban J connectivity index is 2.03. The molecular weight excluding hydrogens is 283 g/mol. The van der Waals surface area contributed by atoms with E-state index in [0.717, 1.165) is 25.9 Å². The number of halogens is 3. The first kappa shape index (κ1) is 16.2. The van der Waals surface area contributed by atoms with Crippen molar-refractivity contribution in [3.8, 4) is 0 Å². The summed E-state index contributed by atoms with van der Waals surface area (Å²) in [5.41, 5.74) is 0. The van der Waals surface area contributed by atoms with E-state index in [4.69, 9.17) is 0 Å². The van der Waals surface area contributed by atoms with Crippen molar-refractivity contribution < 1.29 is 13.2 Å². The second-order valence-corrected chi connectivity index (χ2v) is 5.33. The number of nitrogens with one attached hydrogen (secondary N) is 1. The van der Waals surface area contributed by atoms with Gasteiger partial charge in [-0.25, -0.2) is 0 Å². The number of rotatable bonds is 6. The van der Waals surface area contributed by atoms with Gasteiger partial charge >= 0.3 is 6.18 Å². The van der Waals surface area contributed by atoms with Crippen molar-refractivity contribution in [3.05, 3.63) is 11.6 Å². The highest BCUT2D eigenvalue weighted by molar-refractivity contribution is 5.02. The molecule has 0 fully saturated rings. The fraction of sp³-hybridized carbons (Fsp3) is 0.846. The molecule has 21 heavy (non-hydrogen) atoms. The highest BCUT2D eigenvalue weighted by Crippen LogP contribution is 2.29. The first-order valence-electron chi connectivity index (χ1n) is 7.41. The summed E-state index contributed by atoms with van der Waals surface area (Å²) >= 11 is 0. The molecular formula is C13H22F3N5. The molecule has 0 saturated heterocycles. The van der Waals surface area contributed by atoms with Gasteiger partial charge in [0.05, 0.1) is 6.54 Å². The van der Waals surface area contributed by atoms with E-state index in [1.165, 1.54) is 4.57 Å². The molecule has 1 aromatic heterocycles. The van der Waals surface area contributed by atoms with Crippen molar-refractivity contribution in [2.24, 2.45) is 0 Å². The van der Waals surface area contributed by atoms with Crippen LogP contribution in [0.2, 0.25) is 0 Å². The smallest absolute Gasteiger partial charge is 0.315 e. The molecule has 1 aliphatic rings. The van der Waals surface area contributed by atoms with Crippen molar-refractivity contribution >= 4 is 0 Å². The fourth-order valence-electron chi connectivity index (χ4n) is 2.67. The molecule has 1 unspecified atom stereocenters. The lowest BCUT2D eigenvalue weighted by molar-refractivity contribution is -0.148. The van der Waals surface area contributed by atoms with Gasteiger partial charge < -0.3 is 9.88 Å². The number of hydrogen-bond donors (Lipinski definition) is 1. The third-order valence-corrected chi connectivity index (χ3v) is 3.83. The zero-order valence-corrected chi connectivity index (χ0v) is 12.4. The van der Waals surface area contributed by atoms with Crippen LogP contribution >= 0.6 is 0 Å². The molecule has 1 N–H and O–H groups in total. The summed E-state index contributed by atoms with van der Waals surface area (Å²) in [6.07, 6.45) is -2.41. The highest BCUT2D eigenvalue weighted by Gasteiger charge is 2.39. The Hall–Kier alpha value is -1.15. The normalized spacial score (nSPS) is 17.8. The van der Waals surface area contributed by atoms with Gasteiger partial charge in [-0.2, -0.15) is 13.2 Å². The van der Waals surface area contributed by atoms with Gasteiger partial charge in [-0.05, 0) is 19.4 Å². The van der Waals surface area contributed by atoms with E-state index >= 15 is 0 Å². The summed E-state index contributed by atoms with van der Waals surface area (Å²) in [5.74, 6) is -0.475. The lowest BCUT2D eigenvalue weighted by Gasteiger charge is -2.34. The van der Waals surface area contributed by atoms with Crippen LogP contribution in [0.5, 0.6) is 0 Å². The Morgan fingerprint density at radius 1 is 1.24 bits per heavy atom.